The van der Waals surface area contributed by atoms with Gasteiger partial charge in [0.25, 0.3) is 0 Å². The third kappa shape index (κ3) is 3.20. The molecule has 2 saturated carbocycles. The first-order valence-corrected chi connectivity index (χ1v) is 14.2. The van der Waals surface area contributed by atoms with Crippen molar-refractivity contribution in [3.63, 3.8) is 0 Å². The number of ether oxygens (including phenoxy) is 4. The zero-order valence-electron chi connectivity index (χ0n) is 22.1. The largest absolute Gasteiger partial charge is 0.492 e. The van der Waals surface area contributed by atoms with Gasteiger partial charge in [0.05, 0.1) is 24.2 Å². The molecule has 0 aromatic heterocycles. The van der Waals surface area contributed by atoms with Crippen molar-refractivity contribution in [3.8, 4) is 11.5 Å². The molecule has 1 aromatic rings. The van der Waals surface area contributed by atoms with Crippen LogP contribution in [0.2, 0.25) is 0 Å². The lowest BCUT2D eigenvalue weighted by Gasteiger charge is -2.65. The number of likely N-dealkylation sites (tertiary alicyclic amines) is 1. The highest BCUT2D eigenvalue weighted by Crippen LogP contribution is 2.68. The summed E-state index contributed by atoms with van der Waals surface area (Å²) >= 11 is 0. The van der Waals surface area contributed by atoms with Crippen LogP contribution < -0.4 is 14.9 Å². The molecule has 38 heavy (non-hydrogen) atoms. The molecule has 6 aliphatic rings. The third-order valence-corrected chi connectivity index (χ3v) is 10.2. The zero-order chi connectivity index (χ0) is 26.4. The van der Waals surface area contributed by atoms with E-state index in [-0.39, 0.29) is 17.3 Å². The summed E-state index contributed by atoms with van der Waals surface area (Å²) in [5.41, 5.74) is -0.0914. The molecule has 0 radical (unpaired) electrons. The van der Waals surface area contributed by atoms with Crippen LogP contribution in [0.15, 0.2) is 6.07 Å². The average Bonchev–Trinajstić information content (AvgIpc) is 3.45. The van der Waals surface area contributed by atoms with Gasteiger partial charge in [0.15, 0.2) is 17.6 Å². The van der Waals surface area contributed by atoms with Gasteiger partial charge >= 0.3 is 13.2 Å². The molecule has 3 N–H and O–H groups in total. The fourth-order valence-electron chi connectivity index (χ4n) is 8.22. The van der Waals surface area contributed by atoms with Crippen molar-refractivity contribution < 1.29 is 38.9 Å². The van der Waals surface area contributed by atoms with Gasteiger partial charge in [-0.15, -0.1) is 0 Å². The molecule has 2 saturated heterocycles. The standard InChI is InChI=1S/C27H37BN2O8/c1-3-29(4-2)24(31)38-21-18(28(33)34)13-17-14-19-26(32)7-8-27(35-11-12-36-27)23-25(26,20(17)22(21)37-23)9-10-30(19)15-16-5-6-16/h13,16,19,23,32-34H,3-12,14-15H2,1-2H3/t19-,23-,25+,26-/m1/s1. The number of carbonyl (C=O) groups is 1. The summed E-state index contributed by atoms with van der Waals surface area (Å²) in [7, 11) is -1.86. The summed E-state index contributed by atoms with van der Waals surface area (Å²) in [5, 5.41) is 33.6. The van der Waals surface area contributed by atoms with Gasteiger partial charge in [-0.25, -0.2) is 4.79 Å². The minimum atomic E-state index is -1.86. The fraction of sp³-hybridized carbons (Fsp3) is 0.741. The first-order valence-electron chi connectivity index (χ1n) is 14.2. The number of benzene rings is 1. The Kier molecular flexibility index (Phi) is 5.65. The Labute approximate surface area is 222 Å². The zero-order valence-corrected chi connectivity index (χ0v) is 22.1. The van der Waals surface area contributed by atoms with Gasteiger partial charge < -0.3 is 39.0 Å². The molecule has 4 atom stereocenters. The van der Waals surface area contributed by atoms with Crippen LogP contribution in [-0.2, 0) is 21.3 Å². The first kappa shape index (κ1) is 25.1. The van der Waals surface area contributed by atoms with Crippen molar-refractivity contribution in [2.24, 2.45) is 5.92 Å². The Bertz CT molecular complexity index is 1150. The third-order valence-electron chi connectivity index (χ3n) is 10.2. The summed E-state index contributed by atoms with van der Waals surface area (Å²) in [6.45, 7) is 7.28. The summed E-state index contributed by atoms with van der Waals surface area (Å²) in [4.78, 5) is 17.0. The SMILES string of the molecule is CCN(CC)C(=O)Oc1c(B(O)O)cc2c3c1O[C@H]1C4(CC[C@@]5(O)[C@@H](C2)N(CC2CC2)CC[C@]315)OCCO4. The van der Waals surface area contributed by atoms with Crippen molar-refractivity contribution >= 4 is 18.7 Å². The van der Waals surface area contributed by atoms with E-state index in [1.807, 2.05) is 13.8 Å². The molecule has 10 nitrogen and oxygen atoms in total. The number of piperidine rings is 1. The van der Waals surface area contributed by atoms with Crippen LogP contribution in [0.5, 0.6) is 11.5 Å². The molecular formula is C27H37BN2O8. The number of fused-ring (bicyclic) bond motifs is 1. The van der Waals surface area contributed by atoms with Crippen molar-refractivity contribution in [2.45, 2.75) is 81.3 Å². The van der Waals surface area contributed by atoms with E-state index in [0.717, 1.165) is 24.2 Å². The fourth-order valence-corrected chi connectivity index (χ4v) is 8.22. The van der Waals surface area contributed by atoms with Gasteiger partial charge in [-0.2, -0.15) is 0 Å². The molecule has 3 heterocycles. The van der Waals surface area contributed by atoms with E-state index < -0.39 is 36.1 Å². The van der Waals surface area contributed by atoms with Crippen molar-refractivity contribution in [1.82, 2.24) is 9.80 Å². The van der Waals surface area contributed by atoms with Crippen molar-refractivity contribution in [1.29, 1.82) is 0 Å². The molecule has 0 unspecified atom stereocenters. The highest BCUT2D eigenvalue weighted by atomic mass is 16.8. The van der Waals surface area contributed by atoms with Crippen LogP contribution in [-0.4, -0.2) is 101 Å². The second-order valence-electron chi connectivity index (χ2n) is 11.9. The second-order valence-corrected chi connectivity index (χ2v) is 11.9. The minimum Gasteiger partial charge on any atom is -0.479 e. The maximum Gasteiger partial charge on any atom is 0.492 e. The molecule has 7 rings (SSSR count). The summed E-state index contributed by atoms with van der Waals surface area (Å²) in [6.07, 6.45) is 3.44. The maximum atomic E-state index is 13.1. The number of hydrogen-bond acceptors (Lipinski definition) is 9. The summed E-state index contributed by atoms with van der Waals surface area (Å²) in [6, 6.07) is 1.61. The van der Waals surface area contributed by atoms with E-state index in [1.54, 1.807) is 6.07 Å². The van der Waals surface area contributed by atoms with Gasteiger partial charge in [-0.1, -0.05) is 6.07 Å². The second kappa shape index (κ2) is 8.56. The Morgan fingerprint density at radius 1 is 1.18 bits per heavy atom. The van der Waals surface area contributed by atoms with Crippen LogP contribution in [0.1, 0.15) is 57.1 Å². The van der Waals surface area contributed by atoms with Crippen LogP contribution in [0.4, 0.5) is 4.79 Å². The molecule has 206 valence electrons. The van der Waals surface area contributed by atoms with Crippen LogP contribution >= 0.6 is 0 Å². The minimum absolute atomic E-state index is 0.00813. The Balaban J connectivity index is 1.42. The molecule has 3 aliphatic carbocycles. The van der Waals surface area contributed by atoms with E-state index in [4.69, 9.17) is 18.9 Å². The lowest BCUT2D eigenvalue weighted by Crippen LogP contribution is -2.79. The molecule has 3 aliphatic heterocycles. The predicted octanol–water partition coefficient (Wildman–Crippen LogP) is 0.514. The summed E-state index contributed by atoms with van der Waals surface area (Å²) in [5.74, 6) is -0.0209. The lowest BCUT2D eigenvalue weighted by molar-refractivity contribution is -0.296. The molecule has 1 aromatic carbocycles. The number of nitrogens with zero attached hydrogens (tertiary/aromatic N) is 2. The quantitative estimate of drug-likeness (QED) is 0.454. The number of hydrogen-bond donors (Lipinski definition) is 3. The highest BCUT2D eigenvalue weighted by molar-refractivity contribution is 6.60. The average molecular weight is 528 g/mol. The van der Waals surface area contributed by atoms with Crippen LogP contribution in [0, 0.1) is 5.92 Å². The molecule has 2 spiro atoms. The van der Waals surface area contributed by atoms with Crippen LogP contribution in [0.3, 0.4) is 0 Å². The van der Waals surface area contributed by atoms with Gasteiger partial charge in [0, 0.05) is 43.1 Å². The molecule has 1 amide bonds. The number of carbonyl (C=O) groups excluding carboxylic acids is 1. The number of aliphatic hydroxyl groups is 1. The number of rotatable bonds is 6. The van der Waals surface area contributed by atoms with E-state index in [9.17, 15) is 19.9 Å². The molecular weight excluding hydrogens is 491 g/mol. The van der Waals surface area contributed by atoms with E-state index >= 15 is 0 Å². The normalized spacial score (nSPS) is 34.1. The Morgan fingerprint density at radius 3 is 2.58 bits per heavy atom. The predicted molar refractivity (Wildman–Crippen MR) is 137 cm³/mol. The summed E-state index contributed by atoms with van der Waals surface area (Å²) < 4.78 is 25.1. The Morgan fingerprint density at radius 2 is 1.92 bits per heavy atom. The smallest absolute Gasteiger partial charge is 0.479 e. The van der Waals surface area contributed by atoms with Crippen molar-refractivity contribution in [2.75, 3.05) is 39.4 Å². The Hall–Kier alpha value is -1.89. The molecule has 11 heteroatoms. The van der Waals surface area contributed by atoms with E-state index in [0.29, 0.717) is 63.7 Å². The van der Waals surface area contributed by atoms with E-state index in [1.165, 1.54) is 17.7 Å². The van der Waals surface area contributed by atoms with Gasteiger partial charge in [0.2, 0.25) is 5.79 Å². The van der Waals surface area contributed by atoms with Gasteiger partial charge in [-0.05, 0) is 64.0 Å². The molecule has 2 bridgehead atoms. The van der Waals surface area contributed by atoms with Crippen LogP contribution in [0.25, 0.3) is 0 Å². The van der Waals surface area contributed by atoms with Gasteiger partial charge in [-0.3, -0.25) is 4.90 Å². The highest BCUT2D eigenvalue weighted by Gasteiger charge is 2.77. The molecule has 4 fully saturated rings. The van der Waals surface area contributed by atoms with Gasteiger partial charge in [0.1, 0.15) is 0 Å². The lowest BCUT2D eigenvalue weighted by atomic mass is 9.47. The first-order chi connectivity index (χ1) is 18.3. The number of amides is 1. The monoisotopic (exact) mass is 528 g/mol. The van der Waals surface area contributed by atoms with Crippen molar-refractivity contribution in [3.05, 3.63) is 17.2 Å². The van der Waals surface area contributed by atoms with E-state index in [2.05, 4.69) is 4.90 Å². The maximum absolute atomic E-state index is 13.1. The topological polar surface area (TPSA) is 121 Å².